The van der Waals surface area contributed by atoms with Gasteiger partial charge in [-0.1, -0.05) is 66.2 Å². The molecular formula is C35H65NO8. The summed E-state index contributed by atoms with van der Waals surface area (Å²) in [5.74, 6) is 0.0855. The highest BCUT2D eigenvalue weighted by molar-refractivity contribution is 5.83. The molecule has 9 heteroatoms. The van der Waals surface area contributed by atoms with E-state index in [4.69, 9.17) is 19.4 Å². The topological polar surface area (TPSA) is 119 Å². The Kier molecular flexibility index (Phi) is 19.1. The van der Waals surface area contributed by atoms with Gasteiger partial charge in [0.1, 0.15) is 11.2 Å². The minimum Gasteiger partial charge on any atom is -0.481 e. The molecule has 0 saturated heterocycles. The number of carboxylic acids is 1. The van der Waals surface area contributed by atoms with Crippen LogP contribution >= 0.6 is 0 Å². The average molecular weight is 628 g/mol. The van der Waals surface area contributed by atoms with Gasteiger partial charge in [0, 0.05) is 7.05 Å². The third kappa shape index (κ3) is 20.7. The van der Waals surface area contributed by atoms with E-state index in [1.54, 1.807) is 27.8 Å². The number of nitrogens with zero attached hydrogens (tertiary/aromatic N) is 1. The molecule has 9 nitrogen and oxygen atoms in total. The molecule has 0 bridgehead atoms. The molecule has 2 aliphatic carbocycles. The molecule has 1 amide bonds. The summed E-state index contributed by atoms with van der Waals surface area (Å²) in [6.07, 6.45) is 9.71. The van der Waals surface area contributed by atoms with Crippen molar-refractivity contribution in [2.45, 2.75) is 151 Å². The van der Waals surface area contributed by atoms with E-state index in [0.717, 1.165) is 43.9 Å². The Morgan fingerprint density at radius 3 is 1.34 bits per heavy atom. The standard InChI is InChI=1S/C15H27NO4.C13H22O4.C7H16/c1-15(2,3)20-13(17)10-12(9-11-7-6-8-11)14(18)16(4)19-5;1-13(2,3)17-11(14)8-10(12(15)16)7-9-5-4-6-9;1-6(2)5-7(3)4/h11-12H,6-10H2,1-5H3;9-10H,4-8H2,1-3H3,(H,15,16);6-7H,5H2,1-4H3/t12-;10-;/m11./s1. The van der Waals surface area contributed by atoms with E-state index in [2.05, 4.69) is 27.7 Å². The van der Waals surface area contributed by atoms with Crippen LogP contribution in [0.3, 0.4) is 0 Å². The van der Waals surface area contributed by atoms with E-state index < -0.39 is 29.1 Å². The molecule has 2 atom stereocenters. The second-order valence-electron chi connectivity index (χ2n) is 15.4. The largest absolute Gasteiger partial charge is 0.481 e. The first-order valence-corrected chi connectivity index (χ1v) is 16.6. The zero-order chi connectivity index (χ0) is 34.3. The first kappa shape index (κ1) is 41.8. The molecule has 0 spiro atoms. The van der Waals surface area contributed by atoms with Gasteiger partial charge in [-0.3, -0.25) is 24.0 Å². The summed E-state index contributed by atoms with van der Waals surface area (Å²) in [6.45, 7) is 19.9. The van der Waals surface area contributed by atoms with Crippen LogP contribution in [0.15, 0.2) is 0 Å². The molecule has 0 aromatic carbocycles. The molecule has 2 rings (SSSR count). The van der Waals surface area contributed by atoms with E-state index in [1.807, 2.05) is 20.8 Å². The molecular weight excluding hydrogens is 562 g/mol. The van der Waals surface area contributed by atoms with Crippen molar-refractivity contribution >= 4 is 23.8 Å². The van der Waals surface area contributed by atoms with Gasteiger partial charge in [-0.25, -0.2) is 5.06 Å². The van der Waals surface area contributed by atoms with Crippen molar-refractivity contribution in [3.8, 4) is 0 Å². The molecule has 2 saturated carbocycles. The maximum atomic E-state index is 12.2. The Balaban J connectivity index is 0.000000699. The SMILES string of the molecule is CC(C)(C)OC(=O)C[C@@H](CC1CCC1)C(=O)O.CC(C)CC(C)C.CON(C)C(=O)[C@@H](CC(=O)OC(C)(C)C)CC1CCC1. The van der Waals surface area contributed by atoms with Crippen molar-refractivity contribution < 1.29 is 38.6 Å². The molecule has 0 aromatic heterocycles. The monoisotopic (exact) mass is 627 g/mol. The zero-order valence-corrected chi connectivity index (χ0v) is 30.0. The van der Waals surface area contributed by atoms with Gasteiger partial charge >= 0.3 is 17.9 Å². The number of carboxylic acid groups (broad SMARTS) is 1. The van der Waals surface area contributed by atoms with Crippen molar-refractivity contribution in [2.24, 2.45) is 35.5 Å². The minimum atomic E-state index is -0.886. The number of hydrogen-bond donors (Lipinski definition) is 1. The number of amides is 1. The van der Waals surface area contributed by atoms with Crippen LogP contribution in [0.25, 0.3) is 0 Å². The first-order chi connectivity index (χ1) is 20.1. The van der Waals surface area contributed by atoms with Crippen LogP contribution in [-0.2, 0) is 33.5 Å². The number of aliphatic carboxylic acids is 1. The average Bonchev–Trinajstić information content (AvgIpc) is 2.78. The number of hydrogen-bond acceptors (Lipinski definition) is 7. The molecule has 0 aromatic rings. The number of ether oxygens (including phenoxy) is 2. The number of rotatable bonds is 13. The highest BCUT2D eigenvalue weighted by Gasteiger charge is 2.32. The van der Waals surface area contributed by atoms with Gasteiger partial charge in [0.25, 0.3) is 0 Å². The second kappa shape index (κ2) is 20.1. The van der Waals surface area contributed by atoms with Crippen LogP contribution < -0.4 is 0 Å². The molecule has 44 heavy (non-hydrogen) atoms. The third-order valence-electron chi connectivity index (χ3n) is 7.58. The van der Waals surface area contributed by atoms with Crippen LogP contribution in [0.5, 0.6) is 0 Å². The van der Waals surface area contributed by atoms with E-state index in [0.29, 0.717) is 18.3 Å². The lowest BCUT2D eigenvalue weighted by Crippen LogP contribution is -2.36. The lowest BCUT2D eigenvalue weighted by molar-refractivity contribution is -0.177. The smallest absolute Gasteiger partial charge is 0.307 e. The van der Waals surface area contributed by atoms with Crippen LogP contribution in [0, 0.1) is 35.5 Å². The quantitative estimate of drug-likeness (QED) is 0.162. The second-order valence-corrected chi connectivity index (χ2v) is 15.4. The van der Waals surface area contributed by atoms with Gasteiger partial charge in [0.2, 0.25) is 5.91 Å². The summed E-state index contributed by atoms with van der Waals surface area (Å²) in [4.78, 5) is 51.8. The highest BCUT2D eigenvalue weighted by atomic mass is 16.7. The van der Waals surface area contributed by atoms with E-state index >= 15 is 0 Å². The molecule has 0 aliphatic heterocycles. The molecule has 0 heterocycles. The third-order valence-corrected chi connectivity index (χ3v) is 7.58. The van der Waals surface area contributed by atoms with Crippen LogP contribution in [0.2, 0.25) is 0 Å². The maximum absolute atomic E-state index is 12.2. The van der Waals surface area contributed by atoms with Crippen LogP contribution in [0.1, 0.15) is 140 Å². The van der Waals surface area contributed by atoms with E-state index in [-0.39, 0.29) is 30.6 Å². The summed E-state index contributed by atoms with van der Waals surface area (Å²) < 4.78 is 10.5. The fraction of sp³-hybridized carbons (Fsp3) is 0.886. The molecule has 2 aliphatic rings. The maximum Gasteiger partial charge on any atom is 0.307 e. The van der Waals surface area contributed by atoms with Crippen LogP contribution in [0.4, 0.5) is 0 Å². The van der Waals surface area contributed by atoms with E-state index in [9.17, 15) is 19.2 Å². The molecule has 0 radical (unpaired) electrons. The molecule has 2 fully saturated rings. The van der Waals surface area contributed by atoms with Crippen molar-refractivity contribution in [1.82, 2.24) is 5.06 Å². The lowest BCUT2D eigenvalue weighted by atomic mass is 9.78. The Morgan fingerprint density at radius 1 is 0.727 bits per heavy atom. The predicted molar refractivity (Wildman–Crippen MR) is 174 cm³/mol. The molecule has 0 unspecified atom stereocenters. The van der Waals surface area contributed by atoms with Crippen LogP contribution in [-0.4, -0.2) is 59.3 Å². The Morgan fingerprint density at radius 2 is 1.09 bits per heavy atom. The lowest BCUT2D eigenvalue weighted by Gasteiger charge is -2.30. The Bertz CT molecular complexity index is 857. The fourth-order valence-electron chi connectivity index (χ4n) is 5.26. The summed E-state index contributed by atoms with van der Waals surface area (Å²) in [5, 5.41) is 10.3. The Hall–Kier alpha value is -2.16. The summed E-state index contributed by atoms with van der Waals surface area (Å²) in [6, 6.07) is 0. The number of esters is 2. The first-order valence-electron chi connectivity index (χ1n) is 16.6. The van der Waals surface area contributed by atoms with Crippen molar-refractivity contribution in [3.63, 3.8) is 0 Å². The highest BCUT2D eigenvalue weighted by Crippen LogP contribution is 2.35. The number of hydroxylamine groups is 2. The number of carbonyl (C=O) groups excluding carboxylic acids is 3. The van der Waals surface area contributed by atoms with Gasteiger partial charge in [-0.2, -0.15) is 0 Å². The molecule has 1 N–H and O–H groups in total. The zero-order valence-electron chi connectivity index (χ0n) is 30.0. The van der Waals surface area contributed by atoms with E-state index in [1.165, 1.54) is 31.4 Å². The van der Waals surface area contributed by atoms with Gasteiger partial charge in [-0.15, -0.1) is 0 Å². The molecule has 258 valence electrons. The minimum absolute atomic E-state index is 0.0108. The normalized spacial score (nSPS) is 16.7. The fourth-order valence-corrected chi connectivity index (χ4v) is 5.26. The van der Waals surface area contributed by atoms with Crippen molar-refractivity contribution in [3.05, 3.63) is 0 Å². The number of carbonyl (C=O) groups is 4. The summed E-state index contributed by atoms with van der Waals surface area (Å²) >= 11 is 0. The summed E-state index contributed by atoms with van der Waals surface area (Å²) in [5.41, 5.74) is -1.06. The summed E-state index contributed by atoms with van der Waals surface area (Å²) in [7, 11) is 3.02. The van der Waals surface area contributed by atoms with Gasteiger partial charge in [-0.05, 0) is 84.5 Å². The van der Waals surface area contributed by atoms with Crippen molar-refractivity contribution in [2.75, 3.05) is 14.2 Å². The Labute approximate surface area is 268 Å². The van der Waals surface area contributed by atoms with Gasteiger partial charge < -0.3 is 14.6 Å². The van der Waals surface area contributed by atoms with Crippen molar-refractivity contribution in [1.29, 1.82) is 0 Å². The van der Waals surface area contributed by atoms with Gasteiger partial charge in [0.05, 0.1) is 31.8 Å². The van der Waals surface area contributed by atoms with Gasteiger partial charge in [0.15, 0.2) is 0 Å². The predicted octanol–water partition coefficient (Wildman–Crippen LogP) is 7.84.